The van der Waals surface area contributed by atoms with Crippen LogP contribution in [0, 0.1) is 0 Å². The van der Waals surface area contributed by atoms with Crippen molar-refractivity contribution in [2.75, 3.05) is 24.6 Å². The van der Waals surface area contributed by atoms with E-state index in [-0.39, 0.29) is 6.04 Å². The van der Waals surface area contributed by atoms with E-state index in [1.165, 1.54) is 0 Å². The second kappa shape index (κ2) is 8.89. The van der Waals surface area contributed by atoms with Gasteiger partial charge in [0, 0.05) is 43.0 Å². The number of hydrogen-bond donors (Lipinski definition) is 2. The van der Waals surface area contributed by atoms with E-state index in [0.29, 0.717) is 25.1 Å². The van der Waals surface area contributed by atoms with Crippen LogP contribution in [-0.2, 0) is 14.1 Å². The largest absolute Gasteiger partial charge is 0.498 e. The molecule has 0 radical (unpaired) electrons. The summed E-state index contributed by atoms with van der Waals surface area (Å²) in [6.07, 6.45) is 7.11. The third-order valence-corrected chi connectivity index (χ3v) is 7.20. The molecule has 1 saturated carbocycles. The molecule has 0 unspecified atom stereocenters. The van der Waals surface area contributed by atoms with Gasteiger partial charge in [0.25, 0.3) is 5.91 Å². The highest BCUT2D eigenvalue weighted by Gasteiger charge is 2.52. The van der Waals surface area contributed by atoms with Crippen molar-refractivity contribution in [3.8, 4) is 0 Å². The number of rotatable bonds is 7. The van der Waals surface area contributed by atoms with Gasteiger partial charge in [-0.05, 0) is 59.8 Å². The molecule has 0 aromatic carbocycles. The van der Waals surface area contributed by atoms with Gasteiger partial charge in [-0.2, -0.15) is 0 Å². The van der Waals surface area contributed by atoms with Crippen LogP contribution < -0.4 is 10.4 Å². The van der Waals surface area contributed by atoms with Gasteiger partial charge in [-0.3, -0.25) is 4.79 Å². The molecule has 3 fully saturated rings. The van der Waals surface area contributed by atoms with Crippen molar-refractivity contribution in [2.45, 2.75) is 89.2 Å². The van der Waals surface area contributed by atoms with Crippen LogP contribution in [0.1, 0.15) is 59.8 Å². The molecule has 1 amide bonds. The second-order valence-electron chi connectivity index (χ2n) is 10.2. The highest BCUT2D eigenvalue weighted by molar-refractivity contribution is 6.61. The molecule has 9 nitrogen and oxygen atoms in total. The lowest BCUT2D eigenvalue weighted by molar-refractivity contribution is -0.145. The lowest BCUT2D eigenvalue weighted by Crippen LogP contribution is -2.53. The first-order valence-corrected chi connectivity index (χ1v) is 11.7. The molecule has 2 N–H and O–H groups in total. The van der Waals surface area contributed by atoms with Gasteiger partial charge >= 0.3 is 7.12 Å². The zero-order valence-electron chi connectivity index (χ0n) is 19.5. The molecule has 1 aromatic rings. The van der Waals surface area contributed by atoms with Crippen LogP contribution >= 0.6 is 0 Å². The Morgan fingerprint density at radius 3 is 2.38 bits per heavy atom. The molecule has 3 aliphatic rings. The summed E-state index contributed by atoms with van der Waals surface area (Å²) in [6.45, 7) is 8.72. The first-order chi connectivity index (χ1) is 15.1. The van der Waals surface area contributed by atoms with E-state index in [4.69, 9.17) is 9.31 Å². The first kappa shape index (κ1) is 23.4. The predicted molar refractivity (Wildman–Crippen MR) is 121 cm³/mol. The average Bonchev–Trinajstić information content (AvgIpc) is 3.58. The monoisotopic (exact) mass is 446 g/mol. The highest BCUT2D eigenvalue weighted by atomic mass is 16.7. The number of hydrogen-bond acceptors (Lipinski definition) is 8. The van der Waals surface area contributed by atoms with E-state index in [2.05, 4.69) is 14.9 Å². The second-order valence-corrected chi connectivity index (χ2v) is 10.2. The van der Waals surface area contributed by atoms with Gasteiger partial charge in [0.2, 0.25) is 5.95 Å². The van der Waals surface area contributed by atoms with Crippen LogP contribution in [0.3, 0.4) is 0 Å². The van der Waals surface area contributed by atoms with E-state index in [1.54, 1.807) is 17.3 Å². The quantitative estimate of drug-likeness (QED) is 0.583. The summed E-state index contributed by atoms with van der Waals surface area (Å²) >= 11 is 0. The molecular weight excluding hydrogens is 411 g/mol. The Morgan fingerprint density at radius 2 is 1.81 bits per heavy atom. The number of anilines is 1. The summed E-state index contributed by atoms with van der Waals surface area (Å²) in [6, 6.07) is 0.323. The van der Waals surface area contributed by atoms with Crippen molar-refractivity contribution in [3.63, 3.8) is 0 Å². The molecule has 1 aliphatic carbocycles. The van der Waals surface area contributed by atoms with Gasteiger partial charge in [0.05, 0.1) is 17.8 Å². The van der Waals surface area contributed by atoms with E-state index >= 15 is 0 Å². The number of aliphatic hydroxyl groups is 2. The topological polar surface area (TPSA) is 108 Å². The molecular formula is C22H35BN4O5. The fourth-order valence-electron chi connectivity index (χ4n) is 4.34. The number of nitrogens with zero attached hydrogens (tertiary/aromatic N) is 4. The number of aromatic nitrogens is 2. The average molecular weight is 446 g/mol. The molecule has 0 spiro atoms. The SMILES string of the molecule is CC1(C)OB(c2cnc(N(C[C@@H]3CCCCN3C(=O)[C@@H](O)CO)C3CC3)nc2)OC1(C)C. The van der Waals surface area contributed by atoms with Gasteiger partial charge in [-0.15, -0.1) is 0 Å². The van der Waals surface area contributed by atoms with Crippen LogP contribution in [0.15, 0.2) is 12.4 Å². The van der Waals surface area contributed by atoms with Crippen molar-refractivity contribution < 1.29 is 24.3 Å². The summed E-state index contributed by atoms with van der Waals surface area (Å²) in [7, 11) is -0.505. The number of amides is 1. The highest BCUT2D eigenvalue weighted by Crippen LogP contribution is 2.36. The smallest absolute Gasteiger partial charge is 0.399 e. The molecule has 0 bridgehead atoms. The maximum absolute atomic E-state index is 12.6. The Hall–Kier alpha value is -1.75. The van der Waals surface area contributed by atoms with Crippen LogP contribution in [-0.4, -0.2) is 87.2 Å². The zero-order valence-corrected chi connectivity index (χ0v) is 19.5. The van der Waals surface area contributed by atoms with Crippen molar-refractivity contribution in [1.82, 2.24) is 14.9 Å². The van der Waals surface area contributed by atoms with E-state index in [9.17, 15) is 15.0 Å². The minimum absolute atomic E-state index is 0.0376. The predicted octanol–water partition coefficient (Wildman–Crippen LogP) is 0.479. The van der Waals surface area contributed by atoms with Gasteiger partial charge < -0.3 is 29.3 Å². The molecule has 2 atom stereocenters. The van der Waals surface area contributed by atoms with E-state index in [0.717, 1.165) is 37.6 Å². The lowest BCUT2D eigenvalue weighted by Gasteiger charge is -2.39. The Balaban J connectivity index is 1.48. The molecule has 3 heterocycles. The van der Waals surface area contributed by atoms with Gasteiger partial charge in [0.15, 0.2) is 6.10 Å². The maximum Gasteiger partial charge on any atom is 0.498 e. The summed E-state index contributed by atoms with van der Waals surface area (Å²) in [5.41, 5.74) is -0.0670. The van der Waals surface area contributed by atoms with Gasteiger partial charge in [-0.1, -0.05) is 0 Å². The molecule has 32 heavy (non-hydrogen) atoms. The van der Waals surface area contributed by atoms with Crippen molar-refractivity contribution in [1.29, 1.82) is 0 Å². The summed E-state index contributed by atoms with van der Waals surface area (Å²) in [5.74, 6) is 0.235. The Morgan fingerprint density at radius 1 is 1.19 bits per heavy atom. The van der Waals surface area contributed by atoms with Crippen molar-refractivity contribution >= 4 is 24.4 Å². The normalized spacial score (nSPS) is 25.6. The number of carbonyl (C=O) groups excluding carboxylic acids is 1. The van der Waals surface area contributed by atoms with Crippen LogP contribution in [0.5, 0.6) is 0 Å². The minimum atomic E-state index is -1.36. The molecule has 176 valence electrons. The molecule has 10 heteroatoms. The van der Waals surface area contributed by atoms with Crippen LogP contribution in [0.25, 0.3) is 0 Å². The van der Waals surface area contributed by atoms with Gasteiger partial charge in [-0.25, -0.2) is 9.97 Å². The Kier molecular flexibility index (Phi) is 6.51. The standard InChI is InChI=1S/C22H35BN4O5/c1-21(2)22(3,4)32-23(31-21)15-11-24-20(25-12-15)27(16-8-9-16)13-17-7-5-6-10-26(17)19(30)18(29)14-28/h11-12,16-18,28-29H,5-10,13-14H2,1-4H3/t17-,18-/m0/s1. The summed E-state index contributed by atoms with van der Waals surface area (Å²) < 4.78 is 12.2. The van der Waals surface area contributed by atoms with Crippen LogP contribution in [0.4, 0.5) is 5.95 Å². The van der Waals surface area contributed by atoms with Crippen molar-refractivity contribution in [3.05, 3.63) is 12.4 Å². The first-order valence-electron chi connectivity index (χ1n) is 11.7. The summed E-state index contributed by atoms with van der Waals surface area (Å²) in [4.78, 5) is 25.7. The number of carbonyl (C=O) groups is 1. The lowest BCUT2D eigenvalue weighted by atomic mass is 9.81. The molecule has 4 rings (SSSR count). The minimum Gasteiger partial charge on any atom is -0.399 e. The Bertz CT molecular complexity index is 801. The number of piperidine rings is 1. The Labute approximate surface area is 190 Å². The fraction of sp³-hybridized carbons (Fsp3) is 0.773. The number of likely N-dealkylation sites (tertiary alicyclic amines) is 1. The molecule has 1 aromatic heterocycles. The number of aliphatic hydroxyl groups excluding tert-OH is 2. The third kappa shape index (κ3) is 4.64. The van der Waals surface area contributed by atoms with Gasteiger partial charge in [0.1, 0.15) is 0 Å². The van der Waals surface area contributed by atoms with E-state index < -0.39 is 36.9 Å². The van der Waals surface area contributed by atoms with Crippen LogP contribution in [0.2, 0.25) is 0 Å². The van der Waals surface area contributed by atoms with Crippen molar-refractivity contribution in [2.24, 2.45) is 0 Å². The molecule has 2 aliphatic heterocycles. The summed E-state index contributed by atoms with van der Waals surface area (Å²) in [5, 5.41) is 19.1. The fourth-order valence-corrected chi connectivity index (χ4v) is 4.34. The third-order valence-electron chi connectivity index (χ3n) is 7.20. The maximum atomic E-state index is 12.6. The van der Waals surface area contributed by atoms with E-state index in [1.807, 2.05) is 27.7 Å². The zero-order chi connectivity index (χ0) is 23.1. The molecule has 2 saturated heterocycles.